The topological polar surface area (TPSA) is 17.8 Å². The van der Waals surface area contributed by atoms with Crippen LogP contribution in [0.3, 0.4) is 0 Å². The second kappa shape index (κ2) is 5.81. The van der Waals surface area contributed by atoms with E-state index in [4.69, 9.17) is 23.2 Å². The molecular weight excluding hydrogens is 320 g/mol. The maximum absolute atomic E-state index is 12.1. The molecule has 0 atom stereocenters. The Balaban J connectivity index is 2.27. The Hall–Kier alpha value is -0.590. The molecule has 104 valence electrons. The van der Waals surface area contributed by atoms with Crippen molar-refractivity contribution in [2.45, 2.75) is 17.9 Å². The van der Waals surface area contributed by atoms with Gasteiger partial charge in [0.1, 0.15) is 5.82 Å². The molecule has 0 aliphatic carbocycles. The monoisotopic (exact) mass is 328 g/mol. The van der Waals surface area contributed by atoms with Gasteiger partial charge in [0.15, 0.2) is 0 Å². The minimum absolute atomic E-state index is 0.0609. The summed E-state index contributed by atoms with van der Waals surface area (Å²) in [4.78, 5) is 4.27. The molecular formula is C11H9Cl2F3N2S. The van der Waals surface area contributed by atoms with Crippen LogP contribution in [0.4, 0.5) is 13.2 Å². The summed E-state index contributed by atoms with van der Waals surface area (Å²) in [5.41, 5.74) is -2.85. The molecule has 2 nitrogen and oxygen atoms in total. The normalized spacial score (nSPS) is 12.3. The van der Waals surface area contributed by atoms with E-state index in [1.165, 1.54) is 0 Å². The van der Waals surface area contributed by atoms with Crippen LogP contribution in [0, 0.1) is 0 Å². The Morgan fingerprint density at radius 3 is 2.68 bits per heavy atom. The highest BCUT2D eigenvalue weighted by Gasteiger charge is 2.27. The number of aryl methyl sites for hydroxylation is 1. The molecule has 0 unspecified atom stereocenters. The smallest absolute Gasteiger partial charge is 0.326 e. The standard InChI is InChI=1S/C11H9Cl2F3N2S/c12-6-10-17-8-2-1-7(13)5-9(8)18(10)3-4-19-11(14,15)16/h1-2,5H,3-4,6H2. The zero-order valence-corrected chi connectivity index (χ0v) is 11.9. The number of nitrogens with zero attached hydrogens (tertiary/aromatic N) is 2. The van der Waals surface area contributed by atoms with Crippen LogP contribution in [0.25, 0.3) is 11.0 Å². The van der Waals surface area contributed by atoms with E-state index < -0.39 is 5.51 Å². The van der Waals surface area contributed by atoms with Crippen LogP contribution in [-0.4, -0.2) is 20.8 Å². The molecule has 1 aromatic carbocycles. The fourth-order valence-corrected chi connectivity index (χ4v) is 2.63. The van der Waals surface area contributed by atoms with Gasteiger partial charge in [0.05, 0.1) is 16.9 Å². The highest BCUT2D eigenvalue weighted by Crippen LogP contribution is 2.31. The van der Waals surface area contributed by atoms with Gasteiger partial charge in [0.2, 0.25) is 0 Å². The quantitative estimate of drug-likeness (QED) is 0.758. The number of hydrogen-bond acceptors (Lipinski definition) is 2. The maximum Gasteiger partial charge on any atom is 0.441 e. The van der Waals surface area contributed by atoms with Crippen LogP contribution >= 0.6 is 35.0 Å². The SMILES string of the molecule is FC(F)(F)SCCn1c(CCl)nc2ccc(Cl)cc21. The third-order valence-corrected chi connectivity index (χ3v) is 3.68. The van der Waals surface area contributed by atoms with E-state index in [-0.39, 0.29) is 29.9 Å². The summed E-state index contributed by atoms with van der Waals surface area (Å²) < 4.78 is 38.1. The minimum atomic E-state index is -4.23. The molecule has 0 saturated carbocycles. The summed E-state index contributed by atoms with van der Waals surface area (Å²) in [5, 5.41) is 0.512. The molecule has 0 aliphatic rings. The average molecular weight is 329 g/mol. The predicted octanol–water partition coefficient (Wildman–Crippen LogP) is 4.68. The molecule has 0 radical (unpaired) electrons. The van der Waals surface area contributed by atoms with Gasteiger partial charge in [-0.15, -0.1) is 11.6 Å². The van der Waals surface area contributed by atoms with Crippen LogP contribution in [0.15, 0.2) is 18.2 Å². The average Bonchev–Trinajstić information content (AvgIpc) is 2.65. The van der Waals surface area contributed by atoms with Gasteiger partial charge in [-0.1, -0.05) is 11.6 Å². The molecule has 0 aliphatic heterocycles. The maximum atomic E-state index is 12.1. The third-order valence-electron chi connectivity index (χ3n) is 2.49. The lowest BCUT2D eigenvalue weighted by atomic mass is 10.3. The number of hydrogen-bond donors (Lipinski definition) is 0. The Bertz CT molecular complexity index is 583. The van der Waals surface area contributed by atoms with Crippen molar-refractivity contribution in [3.05, 3.63) is 29.0 Å². The number of rotatable bonds is 4. The predicted molar refractivity (Wildman–Crippen MR) is 72.8 cm³/mol. The summed E-state index contributed by atoms with van der Waals surface area (Å²) in [6.45, 7) is 0.184. The third kappa shape index (κ3) is 3.70. The lowest BCUT2D eigenvalue weighted by Crippen LogP contribution is -2.09. The van der Waals surface area contributed by atoms with E-state index in [9.17, 15) is 13.2 Å². The van der Waals surface area contributed by atoms with Gasteiger partial charge in [-0.05, 0) is 30.0 Å². The molecule has 1 aromatic heterocycles. The Labute approximate surface area is 121 Å². The molecule has 0 fully saturated rings. The molecule has 0 amide bonds. The Morgan fingerprint density at radius 2 is 2.05 bits per heavy atom. The summed E-state index contributed by atoms with van der Waals surface area (Å²) in [6, 6.07) is 5.09. The van der Waals surface area contributed by atoms with E-state index in [1.807, 2.05) is 0 Å². The number of benzene rings is 1. The van der Waals surface area contributed by atoms with Crippen molar-refractivity contribution in [2.75, 3.05) is 5.75 Å². The summed E-state index contributed by atoms with van der Waals surface area (Å²) in [7, 11) is 0. The summed E-state index contributed by atoms with van der Waals surface area (Å²) >= 11 is 11.6. The number of thioether (sulfide) groups is 1. The number of halogens is 5. The minimum Gasteiger partial charge on any atom is -0.326 e. The van der Waals surface area contributed by atoms with Gasteiger partial charge in [-0.2, -0.15) is 13.2 Å². The second-order valence-electron chi connectivity index (χ2n) is 3.74. The van der Waals surface area contributed by atoms with E-state index >= 15 is 0 Å². The fourth-order valence-electron chi connectivity index (χ4n) is 1.75. The highest BCUT2D eigenvalue weighted by molar-refractivity contribution is 8.00. The van der Waals surface area contributed by atoms with Crippen molar-refractivity contribution in [1.82, 2.24) is 9.55 Å². The van der Waals surface area contributed by atoms with Crippen molar-refractivity contribution < 1.29 is 13.2 Å². The molecule has 0 bridgehead atoms. The van der Waals surface area contributed by atoms with Crippen LogP contribution < -0.4 is 0 Å². The molecule has 2 rings (SSSR count). The molecule has 2 aromatic rings. The summed E-state index contributed by atoms with van der Waals surface area (Å²) in [6.07, 6.45) is 0. The largest absolute Gasteiger partial charge is 0.441 e. The molecule has 19 heavy (non-hydrogen) atoms. The van der Waals surface area contributed by atoms with Crippen LogP contribution in [0.5, 0.6) is 0 Å². The first-order valence-electron chi connectivity index (χ1n) is 5.32. The first kappa shape index (κ1) is 14.8. The van der Waals surface area contributed by atoms with Crippen molar-refractivity contribution in [3.63, 3.8) is 0 Å². The fraction of sp³-hybridized carbons (Fsp3) is 0.364. The Morgan fingerprint density at radius 1 is 1.32 bits per heavy atom. The van der Waals surface area contributed by atoms with Crippen molar-refractivity contribution in [3.8, 4) is 0 Å². The van der Waals surface area contributed by atoms with Gasteiger partial charge in [0, 0.05) is 17.3 Å². The lowest BCUT2D eigenvalue weighted by Gasteiger charge is -2.09. The van der Waals surface area contributed by atoms with E-state index in [1.54, 1.807) is 22.8 Å². The van der Waals surface area contributed by atoms with Crippen LogP contribution in [0.1, 0.15) is 5.82 Å². The molecule has 8 heteroatoms. The molecule has 1 heterocycles. The number of alkyl halides is 4. The van der Waals surface area contributed by atoms with Gasteiger partial charge in [0.25, 0.3) is 0 Å². The zero-order valence-electron chi connectivity index (χ0n) is 9.55. The first-order valence-corrected chi connectivity index (χ1v) is 7.22. The molecule has 0 saturated heterocycles. The van der Waals surface area contributed by atoms with Crippen LogP contribution in [-0.2, 0) is 12.4 Å². The van der Waals surface area contributed by atoms with Crippen molar-refractivity contribution in [2.24, 2.45) is 0 Å². The van der Waals surface area contributed by atoms with E-state index in [0.29, 0.717) is 21.9 Å². The van der Waals surface area contributed by atoms with Crippen LogP contribution in [0.2, 0.25) is 5.02 Å². The highest BCUT2D eigenvalue weighted by atomic mass is 35.5. The van der Waals surface area contributed by atoms with Crippen molar-refractivity contribution >= 4 is 46.0 Å². The zero-order chi connectivity index (χ0) is 14.0. The van der Waals surface area contributed by atoms with E-state index in [0.717, 1.165) is 0 Å². The van der Waals surface area contributed by atoms with Gasteiger partial charge in [-0.25, -0.2) is 4.98 Å². The summed E-state index contributed by atoms with van der Waals surface area (Å²) in [5.74, 6) is 0.593. The van der Waals surface area contributed by atoms with Crippen molar-refractivity contribution in [1.29, 1.82) is 0 Å². The van der Waals surface area contributed by atoms with Gasteiger partial charge >= 0.3 is 5.51 Å². The number of fused-ring (bicyclic) bond motifs is 1. The lowest BCUT2D eigenvalue weighted by molar-refractivity contribution is -0.0328. The molecule has 0 spiro atoms. The number of aromatic nitrogens is 2. The molecule has 0 N–H and O–H groups in total. The number of imidazole rings is 1. The Kier molecular flexibility index (Phi) is 4.53. The van der Waals surface area contributed by atoms with Gasteiger partial charge in [-0.3, -0.25) is 0 Å². The van der Waals surface area contributed by atoms with E-state index in [2.05, 4.69) is 4.98 Å². The second-order valence-corrected chi connectivity index (χ2v) is 5.60. The first-order chi connectivity index (χ1) is 8.90. The van der Waals surface area contributed by atoms with Gasteiger partial charge < -0.3 is 4.57 Å².